The monoisotopic (exact) mass is 339 g/mol. The molecule has 0 radical (unpaired) electrons. The smallest absolute Gasteiger partial charge is 0.226 e. The second-order valence-electron chi connectivity index (χ2n) is 7.08. The zero-order valence-corrected chi connectivity index (χ0v) is 15.2. The highest BCUT2D eigenvalue weighted by Crippen LogP contribution is 2.38. The molecule has 0 N–H and O–H groups in total. The highest BCUT2D eigenvalue weighted by Gasteiger charge is 2.28. The van der Waals surface area contributed by atoms with E-state index in [0.29, 0.717) is 5.92 Å². The number of hydrogen-bond acceptors (Lipinski definition) is 7. The summed E-state index contributed by atoms with van der Waals surface area (Å²) in [6.07, 6.45) is 4.30. The predicted molar refractivity (Wildman–Crippen MR) is 99.5 cm³/mol. The lowest BCUT2D eigenvalue weighted by Gasteiger charge is -2.36. The van der Waals surface area contributed by atoms with E-state index in [1.165, 1.54) is 12.8 Å². The highest BCUT2D eigenvalue weighted by molar-refractivity contribution is 5.47. The van der Waals surface area contributed by atoms with Crippen LogP contribution in [0.3, 0.4) is 0 Å². The Morgan fingerprint density at radius 3 is 2.28 bits per heavy atom. The second kappa shape index (κ2) is 6.46. The van der Waals surface area contributed by atoms with Gasteiger partial charge in [-0.2, -0.15) is 4.98 Å². The average Bonchev–Trinajstić information content (AvgIpc) is 3.47. The van der Waals surface area contributed by atoms with Crippen LogP contribution in [0.25, 0.3) is 0 Å². The Balaban J connectivity index is 1.46. The molecule has 2 aromatic rings. The van der Waals surface area contributed by atoms with E-state index in [1.54, 1.807) is 0 Å². The molecule has 3 heterocycles. The van der Waals surface area contributed by atoms with Gasteiger partial charge in [-0.1, -0.05) is 0 Å². The molecular formula is C18H25N7. The van der Waals surface area contributed by atoms with Crippen LogP contribution in [0.2, 0.25) is 0 Å². The normalized spacial score (nSPS) is 17.7. The third-order valence-corrected chi connectivity index (χ3v) is 4.76. The Labute approximate surface area is 148 Å². The van der Waals surface area contributed by atoms with Gasteiger partial charge in [-0.15, -0.1) is 0 Å². The molecule has 0 atom stereocenters. The molecule has 1 saturated heterocycles. The van der Waals surface area contributed by atoms with E-state index in [0.717, 1.165) is 55.3 Å². The van der Waals surface area contributed by atoms with Crippen molar-refractivity contribution in [2.45, 2.75) is 25.7 Å². The van der Waals surface area contributed by atoms with Crippen molar-refractivity contribution >= 4 is 17.6 Å². The summed E-state index contributed by atoms with van der Waals surface area (Å²) in [6, 6.07) is 4.10. The maximum absolute atomic E-state index is 4.82. The summed E-state index contributed by atoms with van der Waals surface area (Å²) in [4.78, 5) is 25.0. The number of rotatable bonds is 4. The van der Waals surface area contributed by atoms with E-state index in [-0.39, 0.29) is 0 Å². The van der Waals surface area contributed by atoms with Crippen LogP contribution in [0.1, 0.15) is 30.3 Å². The first-order valence-electron chi connectivity index (χ1n) is 8.96. The molecule has 7 heteroatoms. The SMILES string of the molecule is Cc1cc(N2CCN(c3ccnc(N(C)C)n3)CC2)nc(C2CC2)n1. The molecule has 1 aliphatic heterocycles. The lowest BCUT2D eigenvalue weighted by molar-refractivity contribution is 0.637. The maximum atomic E-state index is 4.82. The summed E-state index contributed by atoms with van der Waals surface area (Å²) in [5.41, 5.74) is 1.07. The Hall–Kier alpha value is -2.44. The Morgan fingerprint density at radius 1 is 0.960 bits per heavy atom. The fourth-order valence-electron chi connectivity index (χ4n) is 3.16. The molecule has 0 unspecified atom stereocenters. The minimum atomic E-state index is 0.588. The summed E-state index contributed by atoms with van der Waals surface area (Å²) < 4.78 is 0. The maximum Gasteiger partial charge on any atom is 0.226 e. The molecule has 1 aliphatic carbocycles. The number of anilines is 3. The van der Waals surface area contributed by atoms with Crippen LogP contribution in [0.5, 0.6) is 0 Å². The fraction of sp³-hybridized carbons (Fsp3) is 0.556. The molecule has 132 valence electrons. The lowest BCUT2D eigenvalue weighted by atomic mass is 10.2. The van der Waals surface area contributed by atoms with Crippen molar-refractivity contribution in [3.05, 3.63) is 29.8 Å². The van der Waals surface area contributed by atoms with E-state index >= 15 is 0 Å². The van der Waals surface area contributed by atoms with Crippen molar-refractivity contribution in [3.63, 3.8) is 0 Å². The summed E-state index contributed by atoms with van der Waals surface area (Å²) >= 11 is 0. The molecule has 1 saturated carbocycles. The van der Waals surface area contributed by atoms with Crippen LogP contribution in [0, 0.1) is 6.92 Å². The third-order valence-electron chi connectivity index (χ3n) is 4.76. The van der Waals surface area contributed by atoms with Crippen molar-refractivity contribution in [3.8, 4) is 0 Å². The molecule has 2 aromatic heterocycles. The Bertz CT molecular complexity index is 749. The molecule has 2 fully saturated rings. The molecule has 7 nitrogen and oxygen atoms in total. The minimum absolute atomic E-state index is 0.588. The van der Waals surface area contributed by atoms with E-state index in [1.807, 2.05) is 31.3 Å². The first-order valence-corrected chi connectivity index (χ1v) is 8.96. The van der Waals surface area contributed by atoms with Crippen LogP contribution in [0.15, 0.2) is 18.3 Å². The highest BCUT2D eigenvalue weighted by atomic mass is 15.3. The van der Waals surface area contributed by atoms with Gasteiger partial charge >= 0.3 is 0 Å². The van der Waals surface area contributed by atoms with Gasteiger partial charge in [0.05, 0.1) is 0 Å². The van der Waals surface area contributed by atoms with Crippen LogP contribution < -0.4 is 14.7 Å². The molecule has 2 aliphatic rings. The summed E-state index contributed by atoms with van der Waals surface area (Å²) in [5, 5.41) is 0. The van der Waals surface area contributed by atoms with Gasteiger partial charge < -0.3 is 14.7 Å². The fourth-order valence-corrected chi connectivity index (χ4v) is 3.16. The van der Waals surface area contributed by atoms with Crippen LogP contribution in [0.4, 0.5) is 17.6 Å². The molecule has 0 amide bonds. The van der Waals surface area contributed by atoms with Crippen LogP contribution in [-0.2, 0) is 0 Å². The number of nitrogens with zero attached hydrogens (tertiary/aromatic N) is 7. The van der Waals surface area contributed by atoms with E-state index in [9.17, 15) is 0 Å². The van der Waals surface area contributed by atoms with Crippen molar-refractivity contribution in [2.75, 3.05) is 55.0 Å². The summed E-state index contributed by atoms with van der Waals surface area (Å²) in [6.45, 7) is 5.83. The summed E-state index contributed by atoms with van der Waals surface area (Å²) in [5.74, 6) is 4.44. The Kier molecular flexibility index (Phi) is 4.15. The first-order chi connectivity index (χ1) is 12.1. The standard InChI is InChI=1S/C18H25N7/c1-13-12-16(21-17(20-13)14-4-5-14)25-10-8-24(9-11-25)15-6-7-19-18(22-15)23(2)3/h6-7,12,14H,4-5,8-11H2,1-3H3. The minimum Gasteiger partial charge on any atom is -0.353 e. The van der Waals surface area contributed by atoms with Crippen LogP contribution >= 0.6 is 0 Å². The van der Waals surface area contributed by atoms with Gasteiger partial charge in [-0.25, -0.2) is 15.0 Å². The zero-order chi connectivity index (χ0) is 17.4. The largest absolute Gasteiger partial charge is 0.353 e. The summed E-state index contributed by atoms with van der Waals surface area (Å²) in [7, 11) is 3.93. The molecular weight excluding hydrogens is 314 g/mol. The number of hydrogen-bond donors (Lipinski definition) is 0. The third kappa shape index (κ3) is 3.50. The molecule has 0 bridgehead atoms. The van der Waals surface area contributed by atoms with Gasteiger partial charge in [0.25, 0.3) is 0 Å². The van der Waals surface area contributed by atoms with E-state index in [4.69, 9.17) is 4.98 Å². The van der Waals surface area contributed by atoms with E-state index < -0.39 is 0 Å². The molecule has 0 spiro atoms. The van der Waals surface area contributed by atoms with E-state index in [2.05, 4.69) is 37.7 Å². The topological polar surface area (TPSA) is 61.3 Å². The van der Waals surface area contributed by atoms with Gasteiger partial charge in [0, 0.05) is 64.1 Å². The van der Waals surface area contributed by atoms with Gasteiger partial charge in [0.15, 0.2) is 0 Å². The number of aryl methyl sites for hydroxylation is 1. The second-order valence-corrected chi connectivity index (χ2v) is 7.08. The Morgan fingerprint density at radius 2 is 1.64 bits per heavy atom. The van der Waals surface area contributed by atoms with Gasteiger partial charge in [0.1, 0.15) is 17.5 Å². The first kappa shape index (κ1) is 16.1. The van der Waals surface area contributed by atoms with Crippen molar-refractivity contribution in [1.29, 1.82) is 0 Å². The zero-order valence-electron chi connectivity index (χ0n) is 15.2. The lowest BCUT2D eigenvalue weighted by Crippen LogP contribution is -2.47. The molecule has 4 rings (SSSR count). The van der Waals surface area contributed by atoms with Gasteiger partial charge in [0.2, 0.25) is 5.95 Å². The molecule has 0 aromatic carbocycles. The van der Waals surface area contributed by atoms with Gasteiger partial charge in [-0.05, 0) is 25.8 Å². The van der Waals surface area contributed by atoms with Crippen molar-refractivity contribution in [2.24, 2.45) is 0 Å². The quantitative estimate of drug-likeness (QED) is 0.842. The van der Waals surface area contributed by atoms with Crippen LogP contribution in [-0.4, -0.2) is 60.2 Å². The van der Waals surface area contributed by atoms with Crippen molar-refractivity contribution < 1.29 is 0 Å². The van der Waals surface area contributed by atoms with Crippen molar-refractivity contribution in [1.82, 2.24) is 19.9 Å². The average molecular weight is 339 g/mol. The number of aromatic nitrogens is 4. The van der Waals surface area contributed by atoms with Gasteiger partial charge in [-0.3, -0.25) is 0 Å². The number of piperazine rings is 1. The predicted octanol–water partition coefficient (Wildman–Crippen LogP) is 1.85. The molecule has 25 heavy (non-hydrogen) atoms.